The Morgan fingerprint density at radius 1 is 1.28 bits per heavy atom. The lowest BCUT2D eigenvalue weighted by molar-refractivity contribution is 0.465. The third-order valence-corrected chi connectivity index (χ3v) is 2.89. The molecule has 4 heteroatoms. The van der Waals surface area contributed by atoms with Crippen LogP contribution in [0.3, 0.4) is 0 Å². The number of halogens is 2. The second kappa shape index (κ2) is 5.27. The summed E-state index contributed by atoms with van der Waals surface area (Å²) >= 11 is 5.76. The standard InChI is InChI=1S/C14H13ClFNO/c1-9-3-2-4-10(14(9)18)8-17-13-6-11(15)5-12(16)7-13/h2-7,17-18H,8H2,1H3. The molecule has 0 saturated carbocycles. The minimum atomic E-state index is -0.390. The number of aromatic hydroxyl groups is 1. The van der Waals surface area contributed by atoms with Gasteiger partial charge < -0.3 is 10.4 Å². The summed E-state index contributed by atoms with van der Waals surface area (Å²) < 4.78 is 13.1. The van der Waals surface area contributed by atoms with Crippen molar-refractivity contribution in [1.29, 1.82) is 0 Å². The van der Waals surface area contributed by atoms with Crippen LogP contribution in [0.4, 0.5) is 10.1 Å². The number of anilines is 1. The lowest BCUT2D eigenvalue weighted by Crippen LogP contribution is -2.00. The zero-order valence-corrected chi connectivity index (χ0v) is 10.6. The third-order valence-electron chi connectivity index (χ3n) is 2.67. The Hall–Kier alpha value is -1.74. The molecule has 2 aromatic rings. The molecule has 0 unspecified atom stereocenters. The maximum absolute atomic E-state index is 13.1. The molecule has 0 saturated heterocycles. The predicted molar refractivity (Wildman–Crippen MR) is 71.6 cm³/mol. The van der Waals surface area contributed by atoms with E-state index >= 15 is 0 Å². The first-order chi connectivity index (χ1) is 8.56. The normalized spacial score (nSPS) is 10.4. The Morgan fingerprint density at radius 2 is 2.06 bits per heavy atom. The number of para-hydroxylation sites is 1. The van der Waals surface area contributed by atoms with Crippen molar-refractivity contribution >= 4 is 17.3 Å². The highest BCUT2D eigenvalue weighted by Gasteiger charge is 2.04. The van der Waals surface area contributed by atoms with Crippen LogP contribution in [-0.2, 0) is 6.54 Å². The molecule has 18 heavy (non-hydrogen) atoms. The van der Waals surface area contributed by atoms with Crippen molar-refractivity contribution in [3.63, 3.8) is 0 Å². The van der Waals surface area contributed by atoms with Crippen LogP contribution in [0.2, 0.25) is 5.02 Å². The Labute approximate surface area is 110 Å². The maximum atomic E-state index is 13.1. The molecule has 2 aromatic carbocycles. The fourth-order valence-corrected chi connectivity index (χ4v) is 1.94. The molecule has 0 aromatic heterocycles. The molecule has 2 N–H and O–H groups in total. The topological polar surface area (TPSA) is 32.3 Å². The van der Waals surface area contributed by atoms with Crippen molar-refractivity contribution in [2.45, 2.75) is 13.5 Å². The SMILES string of the molecule is Cc1cccc(CNc2cc(F)cc(Cl)c2)c1O. The Balaban J connectivity index is 2.14. The Bertz CT molecular complexity index is 551. The summed E-state index contributed by atoms with van der Waals surface area (Å²) in [6, 6.07) is 9.76. The Kier molecular flexibility index (Phi) is 3.72. The van der Waals surface area contributed by atoms with Crippen LogP contribution in [0.1, 0.15) is 11.1 Å². The predicted octanol–water partition coefficient (Wildman–Crippen LogP) is 4.11. The van der Waals surface area contributed by atoms with Crippen LogP contribution in [0.15, 0.2) is 36.4 Å². The number of aryl methyl sites for hydroxylation is 1. The van der Waals surface area contributed by atoms with Crippen LogP contribution in [0, 0.1) is 12.7 Å². The van der Waals surface area contributed by atoms with E-state index in [4.69, 9.17) is 11.6 Å². The molecule has 0 radical (unpaired) electrons. The summed E-state index contributed by atoms with van der Waals surface area (Å²) in [6.07, 6.45) is 0. The monoisotopic (exact) mass is 265 g/mol. The summed E-state index contributed by atoms with van der Waals surface area (Å²) in [5, 5.41) is 13.2. The van der Waals surface area contributed by atoms with Crippen molar-refractivity contribution in [2.24, 2.45) is 0 Å². The number of phenolic OH excluding ortho intramolecular Hbond substituents is 1. The van der Waals surface area contributed by atoms with Crippen LogP contribution in [0.25, 0.3) is 0 Å². The largest absolute Gasteiger partial charge is 0.507 e. The fourth-order valence-electron chi connectivity index (χ4n) is 1.72. The molecule has 0 aliphatic rings. The lowest BCUT2D eigenvalue weighted by Gasteiger charge is -2.10. The number of benzene rings is 2. The highest BCUT2D eigenvalue weighted by molar-refractivity contribution is 6.30. The fraction of sp³-hybridized carbons (Fsp3) is 0.143. The Morgan fingerprint density at radius 3 is 2.78 bits per heavy atom. The van der Waals surface area contributed by atoms with Gasteiger partial charge in [0.2, 0.25) is 0 Å². The average molecular weight is 266 g/mol. The molecule has 2 nitrogen and oxygen atoms in total. The van der Waals surface area contributed by atoms with Crippen molar-refractivity contribution < 1.29 is 9.50 Å². The van der Waals surface area contributed by atoms with Crippen molar-refractivity contribution in [3.05, 3.63) is 58.4 Å². The highest BCUT2D eigenvalue weighted by atomic mass is 35.5. The molecule has 0 aliphatic heterocycles. The molecule has 94 valence electrons. The number of nitrogens with one attached hydrogen (secondary N) is 1. The number of rotatable bonds is 3. The van der Waals surface area contributed by atoms with E-state index in [-0.39, 0.29) is 5.75 Å². The van der Waals surface area contributed by atoms with E-state index in [1.54, 1.807) is 6.07 Å². The van der Waals surface area contributed by atoms with E-state index in [0.29, 0.717) is 17.3 Å². The van der Waals surface area contributed by atoms with E-state index in [1.807, 2.05) is 25.1 Å². The summed E-state index contributed by atoms with van der Waals surface area (Å²) in [4.78, 5) is 0. The van der Waals surface area contributed by atoms with E-state index in [2.05, 4.69) is 5.32 Å². The van der Waals surface area contributed by atoms with Crippen LogP contribution in [0.5, 0.6) is 5.75 Å². The van der Waals surface area contributed by atoms with Gasteiger partial charge >= 0.3 is 0 Å². The maximum Gasteiger partial charge on any atom is 0.126 e. The van der Waals surface area contributed by atoms with Crippen LogP contribution >= 0.6 is 11.6 Å². The van der Waals surface area contributed by atoms with Gasteiger partial charge in [0.1, 0.15) is 11.6 Å². The summed E-state index contributed by atoms with van der Waals surface area (Å²) in [5.41, 5.74) is 2.16. The third kappa shape index (κ3) is 2.93. The number of hydrogen-bond donors (Lipinski definition) is 2. The molecular formula is C14H13ClFNO. The molecular weight excluding hydrogens is 253 g/mol. The molecule has 0 fully saturated rings. The minimum absolute atomic E-state index is 0.257. The van der Waals surface area contributed by atoms with E-state index in [9.17, 15) is 9.50 Å². The molecule has 0 amide bonds. The van der Waals surface area contributed by atoms with Crippen LogP contribution in [-0.4, -0.2) is 5.11 Å². The van der Waals surface area contributed by atoms with Gasteiger partial charge in [0.15, 0.2) is 0 Å². The number of phenols is 1. The summed E-state index contributed by atoms with van der Waals surface area (Å²) in [7, 11) is 0. The van der Waals surface area contributed by atoms with E-state index < -0.39 is 5.82 Å². The quantitative estimate of drug-likeness (QED) is 0.875. The minimum Gasteiger partial charge on any atom is -0.507 e. The van der Waals surface area contributed by atoms with Crippen molar-refractivity contribution in [2.75, 3.05) is 5.32 Å². The molecule has 0 heterocycles. The van der Waals surface area contributed by atoms with Gasteiger partial charge in [0.25, 0.3) is 0 Å². The molecule has 0 spiro atoms. The van der Waals surface area contributed by atoms with Gasteiger partial charge in [-0.15, -0.1) is 0 Å². The van der Waals surface area contributed by atoms with Gasteiger partial charge in [-0.1, -0.05) is 29.8 Å². The molecule has 0 atom stereocenters. The van der Waals surface area contributed by atoms with Gasteiger partial charge in [-0.3, -0.25) is 0 Å². The second-order valence-corrected chi connectivity index (χ2v) is 4.53. The summed E-state index contributed by atoms with van der Waals surface area (Å²) in [5.74, 6) is -0.133. The van der Waals surface area contributed by atoms with Gasteiger partial charge in [-0.2, -0.15) is 0 Å². The van der Waals surface area contributed by atoms with Crippen molar-refractivity contribution in [1.82, 2.24) is 0 Å². The van der Waals surface area contributed by atoms with Crippen molar-refractivity contribution in [3.8, 4) is 5.75 Å². The first kappa shape index (κ1) is 12.7. The zero-order chi connectivity index (χ0) is 13.1. The van der Waals surface area contributed by atoms with Crippen LogP contribution < -0.4 is 5.32 Å². The molecule has 2 rings (SSSR count). The van der Waals surface area contributed by atoms with Gasteiger partial charge in [-0.25, -0.2) is 4.39 Å². The van der Waals surface area contributed by atoms with E-state index in [0.717, 1.165) is 11.1 Å². The smallest absolute Gasteiger partial charge is 0.126 e. The average Bonchev–Trinajstić information content (AvgIpc) is 2.30. The first-order valence-electron chi connectivity index (χ1n) is 5.53. The summed E-state index contributed by atoms with van der Waals surface area (Å²) in [6.45, 7) is 2.24. The second-order valence-electron chi connectivity index (χ2n) is 4.09. The molecule has 0 aliphatic carbocycles. The van der Waals surface area contributed by atoms with Gasteiger partial charge in [0.05, 0.1) is 0 Å². The zero-order valence-electron chi connectivity index (χ0n) is 9.87. The lowest BCUT2D eigenvalue weighted by atomic mass is 10.1. The molecule has 0 bridgehead atoms. The van der Waals surface area contributed by atoms with Gasteiger partial charge in [0, 0.05) is 22.8 Å². The first-order valence-corrected chi connectivity index (χ1v) is 5.91. The van der Waals surface area contributed by atoms with E-state index in [1.165, 1.54) is 12.1 Å². The highest BCUT2D eigenvalue weighted by Crippen LogP contribution is 2.23. The van der Waals surface area contributed by atoms with Gasteiger partial charge in [-0.05, 0) is 30.7 Å². The number of hydrogen-bond acceptors (Lipinski definition) is 2.